The largest absolute Gasteiger partial charge is 0.508 e. The van der Waals surface area contributed by atoms with Gasteiger partial charge in [-0.25, -0.2) is 0 Å². The molecule has 1 heterocycles. The van der Waals surface area contributed by atoms with Gasteiger partial charge in [0.1, 0.15) is 18.4 Å². The number of carbonyl (C=O) groups excluding carboxylic acids is 2. The average molecular weight is 462 g/mol. The number of phenols is 1. The van der Waals surface area contributed by atoms with E-state index >= 15 is 0 Å². The molecule has 0 bridgehead atoms. The van der Waals surface area contributed by atoms with Crippen LogP contribution in [0.2, 0.25) is 0 Å². The maximum Gasteiger partial charge on any atom is 0.234 e. The third-order valence-corrected chi connectivity index (χ3v) is 7.05. The summed E-state index contributed by atoms with van der Waals surface area (Å²) in [6.45, 7) is 1.84. The molecule has 3 atom stereocenters. The summed E-state index contributed by atoms with van der Waals surface area (Å²) in [6.07, 6.45) is 0.168. The first-order valence-electron chi connectivity index (χ1n) is 11.0. The number of aromatic hydroxyl groups is 1. The number of phenolic OH excluding ortho intramolecular Hbond substituents is 1. The lowest BCUT2D eigenvalue weighted by molar-refractivity contribution is -0.126. The third-order valence-electron chi connectivity index (χ3n) is 5.76. The van der Waals surface area contributed by atoms with Crippen molar-refractivity contribution in [2.24, 2.45) is 0 Å². The molecule has 4 rings (SSSR count). The number of benzene rings is 3. The van der Waals surface area contributed by atoms with Crippen LogP contribution in [0.25, 0.3) is 11.1 Å². The normalized spacial score (nSPS) is 18.8. The number of Topliss-reactive ketones (excluding diaryl/α,β-unsaturated/α-hetero) is 1. The quantitative estimate of drug-likeness (QED) is 0.521. The Labute approximate surface area is 198 Å². The summed E-state index contributed by atoms with van der Waals surface area (Å²) in [6, 6.07) is 24.8. The van der Waals surface area contributed by atoms with E-state index in [0.29, 0.717) is 12.2 Å². The second kappa shape index (κ2) is 10.7. The van der Waals surface area contributed by atoms with Crippen molar-refractivity contribution in [1.29, 1.82) is 0 Å². The smallest absolute Gasteiger partial charge is 0.234 e. The van der Waals surface area contributed by atoms with E-state index in [1.807, 2.05) is 30.3 Å². The van der Waals surface area contributed by atoms with Crippen molar-refractivity contribution >= 4 is 23.5 Å². The first-order chi connectivity index (χ1) is 16.0. The van der Waals surface area contributed by atoms with Gasteiger partial charge < -0.3 is 15.2 Å². The second-order valence-corrected chi connectivity index (χ2v) is 9.39. The van der Waals surface area contributed by atoms with Crippen molar-refractivity contribution in [2.75, 3.05) is 6.61 Å². The molecule has 0 radical (unpaired) electrons. The Morgan fingerprint density at radius 3 is 2.27 bits per heavy atom. The molecule has 33 heavy (non-hydrogen) atoms. The van der Waals surface area contributed by atoms with Crippen LogP contribution in [0.4, 0.5) is 0 Å². The summed E-state index contributed by atoms with van der Waals surface area (Å²) in [5.74, 6) is 0.578. The Kier molecular flexibility index (Phi) is 7.47. The fourth-order valence-electron chi connectivity index (χ4n) is 3.80. The summed E-state index contributed by atoms with van der Waals surface area (Å²) in [5.41, 5.74) is 4.38. The van der Waals surface area contributed by atoms with Crippen LogP contribution in [0.5, 0.6) is 5.75 Å². The zero-order valence-electron chi connectivity index (χ0n) is 18.4. The van der Waals surface area contributed by atoms with E-state index in [0.717, 1.165) is 16.7 Å². The number of rotatable bonds is 8. The molecule has 1 saturated heterocycles. The minimum atomic E-state index is -0.606. The van der Waals surface area contributed by atoms with Crippen molar-refractivity contribution in [2.45, 2.75) is 36.5 Å². The van der Waals surface area contributed by atoms with E-state index in [-0.39, 0.29) is 35.4 Å². The van der Waals surface area contributed by atoms with Crippen LogP contribution in [-0.2, 0) is 26.5 Å². The summed E-state index contributed by atoms with van der Waals surface area (Å²) in [5, 5.41) is 12.1. The van der Waals surface area contributed by atoms with E-state index in [1.165, 1.54) is 5.56 Å². The summed E-state index contributed by atoms with van der Waals surface area (Å²) < 4.78 is 5.37. The molecule has 6 heteroatoms. The second-order valence-electron chi connectivity index (χ2n) is 8.20. The van der Waals surface area contributed by atoms with E-state index in [4.69, 9.17) is 4.74 Å². The average Bonchev–Trinajstić information content (AvgIpc) is 3.16. The summed E-state index contributed by atoms with van der Waals surface area (Å²) in [4.78, 5) is 25.2. The van der Waals surface area contributed by atoms with Gasteiger partial charge >= 0.3 is 0 Å². The maximum atomic E-state index is 13.1. The maximum absolute atomic E-state index is 13.1. The molecule has 5 nitrogen and oxygen atoms in total. The van der Waals surface area contributed by atoms with Crippen LogP contribution in [0, 0.1) is 0 Å². The van der Waals surface area contributed by atoms with Gasteiger partial charge in [0, 0.05) is 5.75 Å². The Morgan fingerprint density at radius 1 is 1.00 bits per heavy atom. The number of hydrogen-bond acceptors (Lipinski definition) is 5. The molecule has 2 N–H and O–H groups in total. The SMILES string of the molecule is CC1OCC(=O)C1NC(=O)C(Cc1ccc(O)cc1)SCc1ccc(-c2ccccc2)cc1. The van der Waals surface area contributed by atoms with Gasteiger partial charge in [-0.2, -0.15) is 0 Å². The van der Waals surface area contributed by atoms with Crippen LogP contribution in [-0.4, -0.2) is 40.8 Å². The van der Waals surface area contributed by atoms with Gasteiger partial charge in [-0.05, 0) is 47.7 Å². The van der Waals surface area contributed by atoms with Crippen molar-refractivity contribution in [1.82, 2.24) is 5.32 Å². The fraction of sp³-hybridized carbons (Fsp3) is 0.259. The fourth-order valence-corrected chi connectivity index (χ4v) is 4.92. The van der Waals surface area contributed by atoms with E-state index in [9.17, 15) is 14.7 Å². The molecular formula is C27H27NO4S. The molecule has 3 unspecified atom stereocenters. The number of carbonyl (C=O) groups is 2. The predicted molar refractivity (Wildman–Crippen MR) is 131 cm³/mol. The Bertz CT molecular complexity index is 1080. The molecule has 1 aliphatic rings. The van der Waals surface area contributed by atoms with Crippen molar-refractivity contribution in [3.8, 4) is 16.9 Å². The van der Waals surface area contributed by atoms with E-state index in [1.54, 1.807) is 30.8 Å². The minimum Gasteiger partial charge on any atom is -0.508 e. The molecule has 170 valence electrons. The molecule has 3 aromatic rings. The van der Waals surface area contributed by atoms with E-state index < -0.39 is 6.04 Å². The zero-order valence-corrected chi connectivity index (χ0v) is 19.3. The molecule has 0 saturated carbocycles. The zero-order chi connectivity index (χ0) is 23.2. The summed E-state index contributed by atoms with van der Waals surface area (Å²) >= 11 is 1.54. The van der Waals surface area contributed by atoms with Crippen molar-refractivity contribution in [3.05, 3.63) is 90.0 Å². The van der Waals surface area contributed by atoms with Gasteiger partial charge in [0.2, 0.25) is 5.91 Å². The number of thioether (sulfide) groups is 1. The molecule has 0 aliphatic carbocycles. The highest BCUT2D eigenvalue weighted by molar-refractivity contribution is 7.99. The van der Waals surface area contributed by atoms with Crippen LogP contribution in [0.3, 0.4) is 0 Å². The topological polar surface area (TPSA) is 75.6 Å². The monoisotopic (exact) mass is 461 g/mol. The van der Waals surface area contributed by atoms with Crippen LogP contribution in [0.1, 0.15) is 18.1 Å². The highest BCUT2D eigenvalue weighted by Crippen LogP contribution is 2.26. The van der Waals surface area contributed by atoms with Crippen molar-refractivity contribution < 1.29 is 19.4 Å². The van der Waals surface area contributed by atoms with Crippen LogP contribution >= 0.6 is 11.8 Å². The van der Waals surface area contributed by atoms with Gasteiger partial charge in [0.15, 0.2) is 5.78 Å². The van der Waals surface area contributed by atoms with Crippen LogP contribution < -0.4 is 5.32 Å². The molecular weight excluding hydrogens is 434 g/mol. The minimum absolute atomic E-state index is 0.0373. The molecule has 1 fully saturated rings. The van der Waals surface area contributed by atoms with Gasteiger partial charge in [0.25, 0.3) is 0 Å². The number of hydrogen-bond donors (Lipinski definition) is 2. The molecule has 0 spiro atoms. The van der Waals surface area contributed by atoms with Gasteiger partial charge in [0.05, 0.1) is 11.4 Å². The lowest BCUT2D eigenvalue weighted by Gasteiger charge is -2.21. The highest BCUT2D eigenvalue weighted by Gasteiger charge is 2.35. The first-order valence-corrected chi connectivity index (χ1v) is 12.0. The van der Waals surface area contributed by atoms with Crippen molar-refractivity contribution in [3.63, 3.8) is 0 Å². The van der Waals surface area contributed by atoms with Gasteiger partial charge in [-0.3, -0.25) is 9.59 Å². The standard InChI is InChI=1S/C27H27NO4S/c1-18-26(24(30)16-32-18)28-27(31)25(15-19-9-13-23(29)14-10-19)33-17-20-7-11-22(12-8-20)21-5-3-2-4-6-21/h2-14,18,25-26,29H,15-17H2,1H3,(H,28,31). The Morgan fingerprint density at radius 2 is 1.64 bits per heavy atom. The lowest BCUT2D eigenvalue weighted by Crippen LogP contribution is -2.47. The predicted octanol–water partition coefficient (Wildman–Crippen LogP) is 4.38. The molecule has 0 aromatic heterocycles. The lowest BCUT2D eigenvalue weighted by atomic mass is 10.0. The number of amides is 1. The van der Waals surface area contributed by atoms with Crippen LogP contribution in [0.15, 0.2) is 78.9 Å². The third kappa shape index (κ3) is 6.03. The van der Waals surface area contributed by atoms with Gasteiger partial charge in [-0.15, -0.1) is 11.8 Å². The molecule has 1 aliphatic heterocycles. The van der Waals surface area contributed by atoms with E-state index in [2.05, 4.69) is 41.7 Å². The Balaban J connectivity index is 1.45. The number of ether oxygens (including phenoxy) is 1. The number of nitrogens with one attached hydrogen (secondary N) is 1. The highest BCUT2D eigenvalue weighted by atomic mass is 32.2. The molecule has 3 aromatic carbocycles. The summed E-state index contributed by atoms with van der Waals surface area (Å²) in [7, 11) is 0. The van der Waals surface area contributed by atoms with Gasteiger partial charge in [-0.1, -0.05) is 66.7 Å². The Hall–Kier alpha value is -3.09. The number of ketones is 1. The first kappa shape index (κ1) is 23.1. The molecule has 1 amide bonds.